The van der Waals surface area contributed by atoms with Crippen LogP contribution < -0.4 is 24.8 Å². The number of allylic oxidation sites excluding steroid dienone is 4. The minimum atomic E-state index is 0. The van der Waals surface area contributed by atoms with Crippen LogP contribution in [0, 0.1) is 0 Å². The van der Waals surface area contributed by atoms with Gasteiger partial charge in [-0.25, -0.2) is 12.1 Å². The van der Waals surface area contributed by atoms with E-state index in [4.69, 9.17) is 0 Å². The van der Waals surface area contributed by atoms with Gasteiger partial charge in [0.15, 0.2) is 0 Å². The summed E-state index contributed by atoms with van der Waals surface area (Å²) in [4.78, 5) is 0. The summed E-state index contributed by atoms with van der Waals surface area (Å²) in [6.45, 7) is 2.21. The molecule has 0 nitrogen and oxygen atoms in total. The zero-order chi connectivity index (χ0) is 18.2. The quantitative estimate of drug-likeness (QED) is 0.456. The molecule has 0 radical (unpaired) electrons. The van der Waals surface area contributed by atoms with Crippen LogP contribution in [-0.4, -0.2) is 3.21 Å². The van der Waals surface area contributed by atoms with Gasteiger partial charge in [0.2, 0.25) is 0 Å². The Morgan fingerprint density at radius 3 is 1.75 bits per heavy atom. The van der Waals surface area contributed by atoms with Crippen LogP contribution in [0.4, 0.5) is 0 Å². The van der Waals surface area contributed by atoms with Crippen molar-refractivity contribution >= 4 is 3.21 Å². The summed E-state index contributed by atoms with van der Waals surface area (Å²) in [5.41, 5.74) is 5.62. The molecule has 0 unspecified atom stereocenters. The molecule has 0 atom stereocenters. The van der Waals surface area contributed by atoms with Crippen LogP contribution >= 0.6 is 0 Å². The van der Waals surface area contributed by atoms with Gasteiger partial charge in [-0.1, -0.05) is 37.6 Å². The minimum absolute atomic E-state index is 0. The fourth-order valence-electron chi connectivity index (χ4n) is 3.13. The average molecular weight is 486 g/mol. The normalized spacial score (nSPS) is 11.8. The second kappa shape index (κ2) is 12.9. The standard InChI is InChI=1S/C13H10.C12H13.2ClH.Zr/c1-3-7-12(8-4-1)11-13-9-5-2-6-10-13;1-2-10-8-5-9-12(10)11-6-3-4-7-11;;;/h1-10H;3-9,11H,2H2,1H3;2*1H;/q;-1;;;+2/p-2. The van der Waals surface area contributed by atoms with E-state index in [1.54, 1.807) is 0 Å². The van der Waals surface area contributed by atoms with Gasteiger partial charge in [-0.15, -0.1) is 0 Å². The molecule has 28 heavy (non-hydrogen) atoms. The first-order chi connectivity index (χ1) is 12.8. The van der Waals surface area contributed by atoms with Gasteiger partial charge in [0, 0.05) is 0 Å². The number of aryl methyl sites for hydroxylation is 1. The fourth-order valence-corrected chi connectivity index (χ4v) is 3.95. The Hall–Kier alpha value is -1.40. The Morgan fingerprint density at radius 2 is 1.29 bits per heavy atom. The molecule has 3 aromatic rings. The van der Waals surface area contributed by atoms with Crippen LogP contribution in [0.2, 0.25) is 0 Å². The third-order valence-electron chi connectivity index (χ3n) is 4.56. The first-order valence-electron chi connectivity index (χ1n) is 9.08. The van der Waals surface area contributed by atoms with Crippen LogP contribution in [0.1, 0.15) is 35.1 Å². The molecule has 1 aliphatic carbocycles. The second-order valence-corrected chi connectivity index (χ2v) is 7.49. The molecule has 0 saturated heterocycles. The van der Waals surface area contributed by atoms with Crippen molar-refractivity contribution in [2.75, 3.05) is 0 Å². The van der Waals surface area contributed by atoms with Crippen LogP contribution in [-0.2, 0) is 30.7 Å². The van der Waals surface area contributed by atoms with E-state index in [0.29, 0.717) is 5.92 Å². The van der Waals surface area contributed by atoms with Crippen molar-refractivity contribution in [2.45, 2.75) is 19.3 Å². The number of rotatable bonds is 4. The van der Waals surface area contributed by atoms with E-state index >= 15 is 0 Å². The fraction of sp³-hybridized carbons (Fsp3) is 0.120. The number of hydrogen-bond donors (Lipinski definition) is 0. The molecular weight excluding hydrogens is 462 g/mol. The molecule has 0 saturated carbocycles. The summed E-state index contributed by atoms with van der Waals surface area (Å²) in [7, 11) is 0. The molecule has 0 aliphatic heterocycles. The molecule has 0 N–H and O–H groups in total. The van der Waals surface area contributed by atoms with E-state index in [-0.39, 0.29) is 24.8 Å². The topological polar surface area (TPSA) is 0 Å². The molecular formula is C25H23Cl2Zr-. The third-order valence-corrected chi connectivity index (χ3v) is 5.98. The van der Waals surface area contributed by atoms with Gasteiger partial charge in [-0.3, -0.25) is 0 Å². The monoisotopic (exact) mass is 483 g/mol. The molecule has 0 fully saturated rings. The van der Waals surface area contributed by atoms with Gasteiger partial charge in [0.25, 0.3) is 0 Å². The molecule has 142 valence electrons. The Morgan fingerprint density at radius 1 is 0.786 bits per heavy atom. The predicted molar refractivity (Wildman–Crippen MR) is 109 cm³/mol. The summed E-state index contributed by atoms with van der Waals surface area (Å²) >= 11 is 1.46. The molecule has 0 amide bonds. The summed E-state index contributed by atoms with van der Waals surface area (Å²) in [5.74, 6) is 0.537. The van der Waals surface area contributed by atoms with Crippen LogP contribution in [0.25, 0.3) is 0 Å². The number of halogens is 2. The molecule has 0 spiro atoms. The zero-order valence-corrected chi connectivity index (χ0v) is 19.8. The summed E-state index contributed by atoms with van der Waals surface area (Å²) in [5, 5.41) is 0. The zero-order valence-electron chi connectivity index (χ0n) is 15.9. The van der Waals surface area contributed by atoms with Gasteiger partial charge in [0.1, 0.15) is 0 Å². The van der Waals surface area contributed by atoms with E-state index in [0.717, 1.165) is 6.42 Å². The van der Waals surface area contributed by atoms with Crippen molar-refractivity contribution in [1.82, 2.24) is 0 Å². The molecule has 4 rings (SSSR count). The third kappa shape index (κ3) is 6.59. The first kappa shape index (κ1) is 24.6. The molecule has 1 aliphatic rings. The van der Waals surface area contributed by atoms with Gasteiger partial charge in [-0.05, 0) is 5.92 Å². The Bertz CT molecular complexity index is 839. The van der Waals surface area contributed by atoms with Crippen molar-refractivity contribution in [2.24, 2.45) is 0 Å². The molecule has 0 aromatic heterocycles. The summed E-state index contributed by atoms with van der Waals surface area (Å²) in [6, 6.07) is 27.7. The molecule has 0 bridgehead atoms. The van der Waals surface area contributed by atoms with E-state index in [9.17, 15) is 0 Å². The molecule has 3 heteroatoms. The van der Waals surface area contributed by atoms with Crippen LogP contribution in [0.15, 0.2) is 103 Å². The molecule has 3 aromatic carbocycles. The van der Waals surface area contributed by atoms with Crippen molar-refractivity contribution in [3.05, 3.63) is 125 Å². The van der Waals surface area contributed by atoms with Gasteiger partial charge in [-0.2, -0.15) is 17.2 Å². The first-order valence-corrected chi connectivity index (χ1v) is 10.3. The number of hydrogen-bond acceptors (Lipinski definition) is 0. The van der Waals surface area contributed by atoms with Gasteiger partial charge in [0.05, 0.1) is 0 Å². The predicted octanol–water partition coefficient (Wildman–Crippen LogP) is -0.0123. The Kier molecular flexibility index (Phi) is 11.4. The van der Waals surface area contributed by atoms with Gasteiger partial charge >= 0.3 is 99.2 Å². The van der Waals surface area contributed by atoms with Crippen LogP contribution in [0.5, 0.6) is 0 Å². The van der Waals surface area contributed by atoms with E-state index in [1.807, 2.05) is 0 Å². The SMILES string of the molecule is CC[c-]1cccc1C1C=CC=C1.[Cl-].[Cl-].[Zr+2]=[C](c1ccccc1)c1ccccc1. The van der Waals surface area contributed by atoms with Crippen molar-refractivity contribution in [3.8, 4) is 0 Å². The second-order valence-electron chi connectivity index (χ2n) is 6.26. The van der Waals surface area contributed by atoms with Crippen LogP contribution in [0.3, 0.4) is 0 Å². The maximum atomic E-state index is 2.24. The maximum absolute atomic E-state index is 2.24. The molecule has 0 heterocycles. The van der Waals surface area contributed by atoms with Crippen molar-refractivity contribution in [3.63, 3.8) is 0 Å². The number of benzene rings is 2. The van der Waals surface area contributed by atoms with Crippen molar-refractivity contribution < 1.29 is 49.0 Å². The average Bonchev–Trinajstić information content (AvgIpc) is 3.40. The Labute approximate surface area is 195 Å². The Balaban J connectivity index is 0.000000264. The van der Waals surface area contributed by atoms with E-state index in [2.05, 4.69) is 110 Å². The summed E-state index contributed by atoms with van der Waals surface area (Å²) < 4.78 is 1.42. The summed E-state index contributed by atoms with van der Waals surface area (Å²) in [6.07, 6.45) is 9.87. The van der Waals surface area contributed by atoms with E-state index in [1.165, 1.54) is 49.7 Å². The van der Waals surface area contributed by atoms with Crippen molar-refractivity contribution in [1.29, 1.82) is 0 Å². The van der Waals surface area contributed by atoms with E-state index < -0.39 is 0 Å². The van der Waals surface area contributed by atoms with Gasteiger partial charge < -0.3 is 24.8 Å².